The largest absolute Gasteiger partial charge is 0.356 e. The standard InChI is InChI=1S/C18H25N3S/c1-2-12-22-18-16(13-19)14-8-4-5-9-15(14)17(20-18)21-10-6-3-7-11-21/h2-12H2,1H3. The van der Waals surface area contributed by atoms with Crippen molar-refractivity contribution in [3.63, 3.8) is 0 Å². The number of fused-ring (bicyclic) bond motifs is 1. The number of nitriles is 1. The van der Waals surface area contributed by atoms with Crippen molar-refractivity contribution < 1.29 is 0 Å². The Labute approximate surface area is 138 Å². The minimum absolute atomic E-state index is 0.869. The third kappa shape index (κ3) is 3.10. The molecular weight excluding hydrogens is 290 g/mol. The molecule has 3 nitrogen and oxygen atoms in total. The van der Waals surface area contributed by atoms with Crippen LogP contribution in [0.5, 0.6) is 0 Å². The molecular formula is C18H25N3S. The number of piperidine rings is 1. The minimum atomic E-state index is 0.869. The van der Waals surface area contributed by atoms with E-state index in [1.807, 2.05) is 0 Å². The fourth-order valence-electron chi connectivity index (χ4n) is 3.56. The van der Waals surface area contributed by atoms with Gasteiger partial charge < -0.3 is 4.90 Å². The molecule has 3 rings (SSSR count). The number of hydrogen-bond acceptors (Lipinski definition) is 4. The van der Waals surface area contributed by atoms with Crippen LogP contribution in [0.15, 0.2) is 5.03 Å². The first-order chi connectivity index (χ1) is 10.8. The highest BCUT2D eigenvalue weighted by molar-refractivity contribution is 7.99. The fraction of sp³-hybridized carbons (Fsp3) is 0.667. The molecule has 0 aromatic carbocycles. The Hall–Kier alpha value is -1.21. The van der Waals surface area contributed by atoms with Crippen molar-refractivity contribution in [2.24, 2.45) is 0 Å². The summed E-state index contributed by atoms with van der Waals surface area (Å²) >= 11 is 1.76. The topological polar surface area (TPSA) is 39.9 Å². The van der Waals surface area contributed by atoms with Crippen molar-refractivity contribution in [2.75, 3.05) is 23.7 Å². The van der Waals surface area contributed by atoms with Gasteiger partial charge in [-0.25, -0.2) is 4.98 Å². The van der Waals surface area contributed by atoms with Crippen LogP contribution in [0.25, 0.3) is 0 Å². The van der Waals surface area contributed by atoms with Gasteiger partial charge in [0.25, 0.3) is 0 Å². The van der Waals surface area contributed by atoms with E-state index in [1.165, 1.54) is 49.0 Å². The van der Waals surface area contributed by atoms with Gasteiger partial charge in [0, 0.05) is 13.1 Å². The lowest BCUT2D eigenvalue weighted by Gasteiger charge is -2.32. The molecule has 1 saturated heterocycles. The van der Waals surface area contributed by atoms with Crippen LogP contribution in [0.2, 0.25) is 0 Å². The summed E-state index contributed by atoms with van der Waals surface area (Å²) in [6.45, 7) is 4.44. The van der Waals surface area contributed by atoms with Gasteiger partial charge in [0.15, 0.2) is 0 Å². The second kappa shape index (κ2) is 7.37. The van der Waals surface area contributed by atoms with Crippen molar-refractivity contribution in [1.82, 2.24) is 4.98 Å². The van der Waals surface area contributed by atoms with E-state index in [1.54, 1.807) is 11.8 Å². The fourth-order valence-corrected chi connectivity index (χ4v) is 4.42. The quantitative estimate of drug-likeness (QED) is 0.776. The van der Waals surface area contributed by atoms with Crippen LogP contribution in [-0.4, -0.2) is 23.8 Å². The highest BCUT2D eigenvalue weighted by atomic mass is 32.2. The molecule has 0 bridgehead atoms. The van der Waals surface area contributed by atoms with Crippen molar-refractivity contribution in [3.8, 4) is 6.07 Å². The Balaban J connectivity index is 2.05. The molecule has 1 aromatic heterocycles. The van der Waals surface area contributed by atoms with Crippen LogP contribution in [-0.2, 0) is 12.8 Å². The lowest BCUT2D eigenvalue weighted by Crippen LogP contribution is -2.32. The van der Waals surface area contributed by atoms with Crippen LogP contribution < -0.4 is 4.90 Å². The summed E-state index contributed by atoms with van der Waals surface area (Å²) in [5.74, 6) is 2.24. The zero-order valence-corrected chi connectivity index (χ0v) is 14.3. The molecule has 0 saturated carbocycles. The molecule has 1 aliphatic carbocycles. The van der Waals surface area contributed by atoms with E-state index in [9.17, 15) is 5.26 Å². The number of anilines is 1. The zero-order valence-electron chi connectivity index (χ0n) is 13.5. The summed E-state index contributed by atoms with van der Waals surface area (Å²) in [7, 11) is 0. The third-order valence-electron chi connectivity index (χ3n) is 4.67. The monoisotopic (exact) mass is 315 g/mol. The zero-order chi connectivity index (χ0) is 15.4. The van der Waals surface area contributed by atoms with E-state index in [4.69, 9.17) is 4.98 Å². The van der Waals surface area contributed by atoms with Gasteiger partial charge in [0.2, 0.25) is 0 Å². The van der Waals surface area contributed by atoms with E-state index < -0.39 is 0 Å². The molecule has 2 aliphatic rings. The minimum Gasteiger partial charge on any atom is -0.356 e. The molecule has 0 spiro atoms. The summed E-state index contributed by atoms with van der Waals surface area (Å²) < 4.78 is 0. The maximum absolute atomic E-state index is 9.66. The summed E-state index contributed by atoms with van der Waals surface area (Å²) in [6.07, 6.45) is 9.61. The Morgan fingerprint density at radius 2 is 1.82 bits per heavy atom. The van der Waals surface area contributed by atoms with E-state index >= 15 is 0 Å². The first-order valence-corrected chi connectivity index (χ1v) is 9.67. The van der Waals surface area contributed by atoms with Gasteiger partial charge in [-0.15, -0.1) is 11.8 Å². The van der Waals surface area contributed by atoms with Crippen molar-refractivity contribution in [3.05, 3.63) is 16.7 Å². The first-order valence-electron chi connectivity index (χ1n) is 8.68. The lowest BCUT2D eigenvalue weighted by molar-refractivity contribution is 0.565. The molecule has 1 aliphatic heterocycles. The normalized spacial score (nSPS) is 17.9. The van der Waals surface area contributed by atoms with Gasteiger partial charge in [-0.05, 0) is 68.2 Å². The van der Waals surface area contributed by atoms with Crippen LogP contribution in [0, 0.1) is 11.3 Å². The molecule has 2 heterocycles. The maximum Gasteiger partial charge on any atom is 0.133 e. The average Bonchev–Trinajstić information content (AvgIpc) is 2.59. The number of aromatic nitrogens is 1. The summed E-state index contributed by atoms with van der Waals surface area (Å²) in [4.78, 5) is 7.46. The second-order valence-corrected chi connectivity index (χ2v) is 7.37. The Kier molecular flexibility index (Phi) is 5.25. The van der Waals surface area contributed by atoms with Crippen LogP contribution in [0.4, 0.5) is 5.82 Å². The van der Waals surface area contributed by atoms with Crippen LogP contribution in [0.1, 0.15) is 62.1 Å². The number of rotatable bonds is 4. The predicted octanol–water partition coefficient (Wildman–Crippen LogP) is 4.32. The Bertz CT molecular complexity index is 571. The van der Waals surface area contributed by atoms with Crippen molar-refractivity contribution in [1.29, 1.82) is 5.26 Å². The van der Waals surface area contributed by atoms with E-state index in [0.717, 1.165) is 48.7 Å². The number of pyridine rings is 1. The highest BCUT2D eigenvalue weighted by Crippen LogP contribution is 2.37. The van der Waals surface area contributed by atoms with E-state index in [0.29, 0.717) is 0 Å². The number of nitrogens with zero attached hydrogens (tertiary/aromatic N) is 3. The lowest BCUT2D eigenvalue weighted by atomic mass is 9.89. The predicted molar refractivity (Wildman–Crippen MR) is 92.7 cm³/mol. The third-order valence-corrected chi connectivity index (χ3v) is 5.85. The second-order valence-electron chi connectivity index (χ2n) is 6.29. The molecule has 0 N–H and O–H groups in total. The molecule has 4 heteroatoms. The van der Waals surface area contributed by atoms with E-state index in [2.05, 4.69) is 17.9 Å². The van der Waals surface area contributed by atoms with Gasteiger partial charge in [0.1, 0.15) is 16.9 Å². The van der Waals surface area contributed by atoms with Crippen molar-refractivity contribution in [2.45, 2.75) is 63.3 Å². The van der Waals surface area contributed by atoms with Gasteiger partial charge in [-0.3, -0.25) is 0 Å². The molecule has 0 unspecified atom stereocenters. The molecule has 22 heavy (non-hydrogen) atoms. The van der Waals surface area contributed by atoms with Gasteiger partial charge in [-0.2, -0.15) is 5.26 Å². The summed E-state index contributed by atoms with van der Waals surface area (Å²) in [5.41, 5.74) is 3.56. The average molecular weight is 315 g/mol. The summed E-state index contributed by atoms with van der Waals surface area (Å²) in [6, 6.07) is 2.46. The maximum atomic E-state index is 9.66. The van der Waals surface area contributed by atoms with Gasteiger partial charge >= 0.3 is 0 Å². The molecule has 118 valence electrons. The van der Waals surface area contributed by atoms with Crippen LogP contribution >= 0.6 is 11.8 Å². The SMILES string of the molecule is CCCSc1nc(N2CCCCC2)c2c(c1C#N)CCCC2. The Morgan fingerprint density at radius 3 is 2.50 bits per heavy atom. The molecule has 0 radical (unpaired) electrons. The first kappa shape index (κ1) is 15.7. The van der Waals surface area contributed by atoms with Crippen molar-refractivity contribution >= 4 is 17.6 Å². The smallest absolute Gasteiger partial charge is 0.133 e. The molecule has 1 fully saturated rings. The number of hydrogen-bond donors (Lipinski definition) is 0. The highest BCUT2D eigenvalue weighted by Gasteiger charge is 2.25. The number of thioether (sulfide) groups is 1. The molecule has 0 amide bonds. The van der Waals surface area contributed by atoms with Gasteiger partial charge in [0.05, 0.1) is 5.56 Å². The Morgan fingerprint density at radius 1 is 1.09 bits per heavy atom. The van der Waals surface area contributed by atoms with E-state index in [-0.39, 0.29) is 0 Å². The summed E-state index contributed by atoms with van der Waals surface area (Å²) in [5, 5.41) is 10.6. The van der Waals surface area contributed by atoms with Crippen LogP contribution in [0.3, 0.4) is 0 Å². The van der Waals surface area contributed by atoms with Gasteiger partial charge in [-0.1, -0.05) is 6.92 Å². The molecule has 1 aromatic rings. The molecule has 0 atom stereocenters.